The van der Waals surface area contributed by atoms with Crippen LogP contribution in [-0.4, -0.2) is 12.5 Å². The molecule has 2 aromatic rings. The van der Waals surface area contributed by atoms with Crippen LogP contribution in [0.2, 0.25) is 5.02 Å². The molecular formula is C20H21ClN2O2. The van der Waals surface area contributed by atoms with E-state index >= 15 is 0 Å². The minimum absolute atomic E-state index is 0.0826. The summed E-state index contributed by atoms with van der Waals surface area (Å²) in [5.74, 6) is 0.676. The highest BCUT2D eigenvalue weighted by atomic mass is 35.5. The third kappa shape index (κ3) is 5.23. The Bertz CT molecular complexity index is 793. The monoisotopic (exact) mass is 356 g/mol. The van der Waals surface area contributed by atoms with Gasteiger partial charge < -0.3 is 10.1 Å². The van der Waals surface area contributed by atoms with Gasteiger partial charge in [0.05, 0.1) is 12.5 Å². The predicted molar refractivity (Wildman–Crippen MR) is 100 cm³/mol. The van der Waals surface area contributed by atoms with Crippen LogP contribution in [0.3, 0.4) is 0 Å². The largest absolute Gasteiger partial charge is 0.483 e. The first-order valence-corrected chi connectivity index (χ1v) is 8.47. The summed E-state index contributed by atoms with van der Waals surface area (Å²) in [6.45, 7) is 5.93. The number of nitrogens with zero attached hydrogens (tertiary/aromatic N) is 1. The molecule has 2 rings (SSSR count). The highest BCUT2D eigenvalue weighted by Crippen LogP contribution is 2.32. The summed E-state index contributed by atoms with van der Waals surface area (Å²) in [6.07, 6.45) is 0.352. The molecule has 0 aromatic heterocycles. The van der Waals surface area contributed by atoms with Crippen LogP contribution in [0.4, 0.5) is 5.69 Å². The van der Waals surface area contributed by atoms with Crippen LogP contribution in [0.1, 0.15) is 36.5 Å². The van der Waals surface area contributed by atoms with Crippen LogP contribution in [0.25, 0.3) is 0 Å². The van der Waals surface area contributed by atoms with E-state index in [4.69, 9.17) is 21.6 Å². The van der Waals surface area contributed by atoms with Crippen molar-refractivity contribution in [1.82, 2.24) is 0 Å². The van der Waals surface area contributed by atoms with E-state index in [1.165, 1.54) is 0 Å². The number of hydrogen-bond acceptors (Lipinski definition) is 3. The fraction of sp³-hybridized carbons (Fsp3) is 0.300. The normalized spacial score (nSPS) is 10.4. The second-order valence-corrected chi connectivity index (χ2v) is 6.57. The molecule has 1 amide bonds. The molecule has 0 radical (unpaired) electrons. The number of carbonyl (C=O) groups is 1. The number of nitrogens with one attached hydrogen (secondary N) is 1. The molecular weight excluding hydrogens is 336 g/mol. The molecule has 0 fully saturated rings. The van der Waals surface area contributed by atoms with Crippen molar-refractivity contribution < 1.29 is 9.53 Å². The van der Waals surface area contributed by atoms with E-state index in [1.807, 2.05) is 31.2 Å². The van der Waals surface area contributed by atoms with Crippen molar-refractivity contribution >= 4 is 23.2 Å². The number of amides is 1. The third-order valence-electron chi connectivity index (χ3n) is 3.79. The van der Waals surface area contributed by atoms with Gasteiger partial charge in [-0.15, -0.1) is 0 Å². The number of ether oxygens (including phenoxy) is 1. The van der Waals surface area contributed by atoms with E-state index in [9.17, 15) is 4.79 Å². The van der Waals surface area contributed by atoms with Gasteiger partial charge >= 0.3 is 0 Å². The zero-order chi connectivity index (χ0) is 18.4. The lowest BCUT2D eigenvalue weighted by molar-refractivity contribution is -0.118. The van der Waals surface area contributed by atoms with Crippen LogP contribution in [-0.2, 0) is 11.2 Å². The van der Waals surface area contributed by atoms with Gasteiger partial charge in [-0.2, -0.15) is 5.26 Å². The van der Waals surface area contributed by atoms with Crippen LogP contribution in [0.15, 0.2) is 36.4 Å². The SMILES string of the molecule is Cc1cc(OCC(=O)Nc2ccc(CC#N)cc2)c(C(C)C)cc1Cl. The average Bonchev–Trinajstić information content (AvgIpc) is 2.57. The fourth-order valence-electron chi connectivity index (χ4n) is 2.38. The molecule has 1 N–H and O–H groups in total. The Morgan fingerprint density at radius 2 is 1.96 bits per heavy atom. The molecule has 5 heteroatoms. The average molecular weight is 357 g/mol. The lowest BCUT2D eigenvalue weighted by Gasteiger charge is -2.16. The highest BCUT2D eigenvalue weighted by molar-refractivity contribution is 6.31. The molecule has 0 saturated carbocycles. The van der Waals surface area contributed by atoms with Gasteiger partial charge in [-0.25, -0.2) is 0 Å². The minimum atomic E-state index is -0.240. The lowest BCUT2D eigenvalue weighted by atomic mass is 10.0. The Morgan fingerprint density at radius 1 is 1.28 bits per heavy atom. The second-order valence-electron chi connectivity index (χ2n) is 6.16. The molecule has 0 saturated heterocycles. The van der Waals surface area contributed by atoms with Gasteiger partial charge in [-0.1, -0.05) is 37.6 Å². The maximum Gasteiger partial charge on any atom is 0.262 e. The quantitative estimate of drug-likeness (QED) is 0.804. The van der Waals surface area contributed by atoms with E-state index in [2.05, 4.69) is 25.2 Å². The third-order valence-corrected chi connectivity index (χ3v) is 4.20. The van der Waals surface area contributed by atoms with Gasteiger partial charge in [0.2, 0.25) is 0 Å². The molecule has 2 aromatic carbocycles. The maximum atomic E-state index is 12.1. The molecule has 0 aliphatic rings. The Balaban J connectivity index is 2.00. The zero-order valence-electron chi connectivity index (χ0n) is 14.6. The smallest absolute Gasteiger partial charge is 0.262 e. The summed E-state index contributed by atoms with van der Waals surface area (Å²) in [6, 6.07) is 13.0. The van der Waals surface area contributed by atoms with E-state index in [0.717, 1.165) is 16.7 Å². The van der Waals surface area contributed by atoms with Crippen LogP contribution in [0.5, 0.6) is 5.75 Å². The van der Waals surface area contributed by atoms with Crippen molar-refractivity contribution in [3.63, 3.8) is 0 Å². The number of hydrogen-bond donors (Lipinski definition) is 1. The fourth-order valence-corrected chi connectivity index (χ4v) is 2.56. The number of carbonyl (C=O) groups excluding carboxylic acids is 1. The van der Waals surface area contributed by atoms with Crippen molar-refractivity contribution in [3.05, 3.63) is 58.1 Å². The van der Waals surface area contributed by atoms with Gasteiger partial charge in [0.25, 0.3) is 5.91 Å². The number of anilines is 1. The summed E-state index contributed by atoms with van der Waals surface area (Å²) in [7, 11) is 0. The van der Waals surface area contributed by atoms with Crippen LogP contribution >= 0.6 is 11.6 Å². The molecule has 130 valence electrons. The van der Waals surface area contributed by atoms with Crippen LogP contribution < -0.4 is 10.1 Å². The predicted octanol–water partition coefficient (Wildman–Crippen LogP) is 4.86. The lowest BCUT2D eigenvalue weighted by Crippen LogP contribution is -2.20. The molecule has 0 heterocycles. The number of benzene rings is 2. The van der Waals surface area contributed by atoms with Gasteiger partial charge in [-0.3, -0.25) is 4.79 Å². The van der Waals surface area contributed by atoms with Crippen molar-refractivity contribution in [3.8, 4) is 11.8 Å². The molecule has 0 atom stereocenters. The Kier molecular flexibility index (Phi) is 6.44. The molecule has 0 unspecified atom stereocenters. The van der Waals surface area contributed by atoms with E-state index in [0.29, 0.717) is 22.9 Å². The van der Waals surface area contributed by atoms with Crippen molar-refractivity contribution in [2.24, 2.45) is 0 Å². The highest BCUT2D eigenvalue weighted by Gasteiger charge is 2.13. The van der Waals surface area contributed by atoms with Gasteiger partial charge in [0, 0.05) is 10.7 Å². The summed E-state index contributed by atoms with van der Waals surface area (Å²) < 4.78 is 5.72. The first-order chi connectivity index (χ1) is 11.9. The Morgan fingerprint density at radius 3 is 2.56 bits per heavy atom. The maximum absolute atomic E-state index is 12.1. The number of aryl methyl sites for hydroxylation is 1. The number of nitriles is 1. The first kappa shape index (κ1) is 18.8. The Labute approximate surface area is 153 Å². The van der Waals surface area contributed by atoms with E-state index < -0.39 is 0 Å². The van der Waals surface area contributed by atoms with E-state index in [1.54, 1.807) is 12.1 Å². The van der Waals surface area contributed by atoms with Gasteiger partial charge in [-0.05, 0) is 53.8 Å². The van der Waals surface area contributed by atoms with Crippen molar-refractivity contribution in [1.29, 1.82) is 5.26 Å². The first-order valence-electron chi connectivity index (χ1n) is 8.09. The molecule has 0 aliphatic heterocycles. The van der Waals surface area contributed by atoms with Crippen molar-refractivity contribution in [2.75, 3.05) is 11.9 Å². The molecule has 25 heavy (non-hydrogen) atoms. The summed E-state index contributed by atoms with van der Waals surface area (Å²) in [5.41, 5.74) is 3.47. The van der Waals surface area contributed by atoms with Gasteiger partial charge in [0.1, 0.15) is 5.75 Å². The molecule has 4 nitrogen and oxygen atoms in total. The zero-order valence-corrected chi connectivity index (χ0v) is 15.4. The van der Waals surface area contributed by atoms with E-state index in [-0.39, 0.29) is 18.4 Å². The summed E-state index contributed by atoms with van der Waals surface area (Å²) in [4.78, 5) is 12.1. The minimum Gasteiger partial charge on any atom is -0.483 e. The molecule has 0 spiro atoms. The topological polar surface area (TPSA) is 62.1 Å². The standard InChI is InChI=1S/C20H21ClN2O2/c1-13(2)17-11-18(21)14(3)10-19(17)25-12-20(24)23-16-6-4-15(5-7-16)8-9-22/h4-7,10-11,13H,8,12H2,1-3H3,(H,23,24). The number of rotatable bonds is 6. The summed E-state index contributed by atoms with van der Waals surface area (Å²) >= 11 is 6.18. The molecule has 0 aliphatic carbocycles. The van der Waals surface area contributed by atoms with Gasteiger partial charge in [0.15, 0.2) is 6.61 Å². The van der Waals surface area contributed by atoms with Crippen LogP contribution in [0, 0.1) is 18.3 Å². The summed E-state index contributed by atoms with van der Waals surface area (Å²) in [5, 5.41) is 12.1. The Hall–Kier alpha value is -2.51. The van der Waals surface area contributed by atoms with Crippen molar-refractivity contribution in [2.45, 2.75) is 33.1 Å². The molecule has 0 bridgehead atoms. The second kappa shape index (κ2) is 8.55. The number of halogens is 1.